The van der Waals surface area contributed by atoms with Crippen LogP contribution in [0.25, 0.3) is 0 Å². The van der Waals surface area contributed by atoms with Crippen molar-refractivity contribution < 1.29 is 14.3 Å². The van der Waals surface area contributed by atoms with Crippen LogP contribution in [-0.4, -0.2) is 30.3 Å². The van der Waals surface area contributed by atoms with Gasteiger partial charge in [-0.25, -0.2) is 0 Å². The highest BCUT2D eigenvalue weighted by molar-refractivity contribution is 5.75. The molecule has 0 aliphatic rings. The quantitative estimate of drug-likeness (QED) is 0.551. The average Bonchev–Trinajstić information content (AvgIpc) is 2.32. The van der Waals surface area contributed by atoms with Gasteiger partial charge in [-0.15, -0.1) is 0 Å². The topological polar surface area (TPSA) is 49.3 Å². The molecule has 1 amide bonds. The van der Waals surface area contributed by atoms with Crippen LogP contribution in [0.2, 0.25) is 0 Å². The number of amides is 1. The lowest BCUT2D eigenvalue weighted by atomic mass is 10.1. The second kappa shape index (κ2) is 11.8. The van der Waals surface area contributed by atoms with Gasteiger partial charge in [-0.1, -0.05) is 26.2 Å². The maximum Gasteiger partial charge on any atom is 0.219 e. The lowest BCUT2D eigenvalue weighted by molar-refractivity contribution is -0.121. The third-order valence-electron chi connectivity index (χ3n) is 2.73. The number of nitrogens with one attached hydrogen (secondary N) is 1. The first-order chi connectivity index (χ1) is 8.20. The average molecular weight is 247 g/mol. The molecular formula is C13H26FNO2. The minimum absolute atomic E-state index is 0.00606. The van der Waals surface area contributed by atoms with E-state index in [-0.39, 0.29) is 18.7 Å². The Labute approximate surface area is 104 Å². The van der Waals surface area contributed by atoms with Crippen molar-refractivity contribution in [1.82, 2.24) is 5.32 Å². The molecule has 0 saturated carbocycles. The Hall–Kier alpha value is -0.640. The fourth-order valence-corrected chi connectivity index (χ4v) is 1.61. The molecule has 4 heteroatoms. The van der Waals surface area contributed by atoms with Crippen LogP contribution in [0, 0.1) is 0 Å². The van der Waals surface area contributed by atoms with Gasteiger partial charge in [0.05, 0.1) is 12.8 Å². The van der Waals surface area contributed by atoms with Gasteiger partial charge in [-0.05, 0) is 25.7 Å². The number of aliphatic hydroxyl groups is 1. The van der Waals surface area contributed by atoms with E-state index in [0.717, 1.165) is 32.1 Å². The first kappa shape index (κ1) is 16.4. The van der Waals surface area contributed by atoms with Crippen LogP contribution in [0.1, 0.15) is 58.3 Å². The van der Waals surface area contributed by atoms with E-state index in [1.165, 1.54) is 0 Å². The number of unbranched alkanes of at least 4 members (excludes halogenated alkanes) is 3. The molecule has 0 rings (SSSR count). The van der Waals surface area contributed by atoms with E-state index >= 15 is 0 Å². The summed E-state index contributed by atoms with van der Waals surface area (Å²) < 4.78 is 11.8. The van der Waals surface area contributed by atoms with Crippen LogP contribution >= 0.6 is 0 Å². The number of hydrogen-bond donors (Lipinski definition) is 2. The number of alkyl halides is 1. The highest BCUT2D eigenvalue weighted by atomic mass is 19.1. The summed E-state index contributed by atoms with van der Waals surface area (Å²) in [6.07, 6.45) is 5.75. The van der Waals surface area contributed by atoms with E-state index in [2.05, 4.69) is 12.2 Å². The summed E-state index contributed by atoms with van der Waals surface area (Å²) in [6.45, 7) is 2.32. The van der Waals surface area contributed by atoms with Crippen molar-refractivity contribution in [3.05, 3.63) is 0 Å². The smallest absolute Gasteiger partial charge is 0.219 e. The van der Waals surface area contributed by atoms with Crippen molar-refractivity contribution in [3.8, 4) is 0 Å². The second-order valence-electron chi connectivity index (χ2n) is 4.43. The van der Waals surface area contributed by atoms with Crippen LogP contribution in [-0.2, 0) is 4.79 Å². The fourth-order valence-electron chi connectivity index (χ4n) is 1.61. The summed E-state index contributed by atoms with van der Waals surface area (Å²) in [5.74, 6) is 0.00606. The predicted octanol–water partition coefficient (Wildman–Crippen LogP) is 2.57. The number of halogens is 1. The van der Waals surface area contributed by atoms with E-state index in [1.54, 1.807) is 0 Å². The minimum atomic E-state index is -0.304. The lowest BCUT2D eigenvalue weighted by Gasteiger charge is -2.10. The Morgan fingerprint density at radius 1 is 1.24 bits per heavy atom. The van der Waals surface area contributed by atoms with Gasteiger partial charge in [0.25, 0.3) is 0 Å². The summed E-state index contributed by atoms with van der Waals surface area (Å²) in [4.78, 5) is 11.3. The van der Waals surface area contributed by atoms with Crippen LogP contribution in [0.5, 0.6) is 0 Å². The zero-order chi connectivity index (χ0) is 12.9. The monoisotopic (exact) mass is 247 g/mol. The van der Waals surface area contributed by atoms with Crippen molar-refractivity contribution >= 4 is 5.91 Å². The summed E-state index contributed by atoms with van der Waals surface area (Å²) in [5.41, 5.74) is 0. The third-order valence-corrected chi connectivity index (χ3v) is 2.73. The molecule has 0 spiro atoms. The van der Waals surface area contributed by atoms with E-state index in [1.807, 2.05) is 0 Å². The maximum atomic E-state index is 11.8. The van der Waals surface area contributed by atoms with Crippen LogP contribution in [0.4, 0.5) is 4.39 Å². The summed E-state index contributed by atoms with van der Waals surface area (Å²) in [6, 6.07) is 0. The first-order valence-electron chi connectivity index (χ1n) is 6.71. The molecular weight excluding hydrogens is 221 g/mol. The van der Waals surface area contributed by atoms with Gasteiger partial charge in [-0.2, -0.15) is 0 Å². The molecule has 0 heterocycles. The van der Waals surface area contributed by atoms with E-state index in [0.29, 0.717) is 25.8 Å². The fraction of sp³-hybridized carbons (Fsp3) is 0.923. The molecule has 0 aromatic heterocycles. The van der Waals surface area contributed by atoms with Crippen molar-refractivity contribution in [2.75, 3.05) is 13.2 Å². The predicted molar refractivity (Wildman–Crippen MR) is 67.6 cm³/mol. The molecule has 1 atom stereocenters. The Morgan fingerprint density at radius 3 is 2.65 bits per heavy atom. The molecule has 0 saturated heterocycles. The minimum Gasteiger partial charge on any atom is -0.393 e. The van der Waals surface area contributed by atoms with Gasteiger partial charge >= 0.3 is 0 Å². The van der Waals surface area contributed by atoms with Gasteiger partial charge in [0.2, 0.25) is 5.91 Å². The molecule has 17 heavy (non-hydrogen) atoms. The molecule has 3 nitrogen and oxygen atoms in total. The highest BCUT2D eigenvalue weighted by Gasteiger charge is 2.05. The molecule has 0 aromatic rings. The van der Waals surface area contributed by atoms with Gasteiger partial charge in [0.15, 0.2) is 0 Å². The maximum absolute atomic E-state index is 11.8. The Balaban J connectivity index is 3.31. The zero-order valence-corrected chi connectivity index (χ0v) is 10.9. The zero-order valence-electron chi connectivity index (χ0n) is 10.9. The SMILES string of the molecule is CCCCC(O)CCNC(=O)CCCCCF. The Kier molecular flexibility index (Phi) is 11.4. The highest BCUT2D eigenvalue weighted by Crippen LogP contribution is 2.03. The lowest BCUT2D eigenvalue weighted by Crippen LogP contribution is -2.26. The van der Waals surface area contributed by atoms with Crippen LogP contribution in [0.15, 0.2) is 0 Å². The molecule has 1 unspecified atom stereocenters. The van der Waals surface area contributed by atoms with Gasteiger partial charge < -0.3 is 10.4 Å². The Morgan fingerprint density at radius 2 is 2.00 bits per heavy atom. The molecule has 0 aliphatic heterocycles. The van der Waals surface area contributed by atoms with E-state index < -0.39 is 0 Å². The molecule has 0 aliphatic carbocycles. The normalized spacial score (nSPS) is 12.4. The molecule has 2 N–H and O–H groups in total. The van der Waals surface area contributed by atoms with E-state index in [9.17, 15) is 14.3 Å². The second-order valence-corrected chi connectivity index (χ2v) is 4.43. The van der Waals surface area contributed by atoms with Crippen molar-refractivity contribution in [2.24, 2.45) is 0 Å². The van der Waals surface area contributed by atoms with Crippen molar-refractivity contribution in [1.29, 1.82) is 0 Å². The third kappa shape index (κ3) is 11.6. The number of carbonyl (C=O) groups excluding carboxylic acids is 1. The van der Waals surface area contributed by atoms with Crippen molar-refractivity contribution in [3.63, 3.8) is 0 Å². The Bertz CT molecular complexity index is 188. The summed E-state index contributed by atoms with van der Waals surface area (Å²) in [7, 11) is 0. The number of rotatable bonds is 11. The summed E-state index contributed by atoms with van der Waals surface area (Å²) in [5, 5.41) is 12.3. The number of carbonyl (C=O) groups is 1. The van der Waals surface area contributed by atoms with E-state index in [4.69, 9.17) is 0 Å². The van der Waals surface area contributed by atoms with Crippen LogP contribution in [0.3, 0.4) is 0 Å². The van der Waals surface area contributed by atoms with Gasteiger partial charge in [-0.3, -0.25) is 9.18 Å². The van der Waals surface area contributed by atoms with Crippen LogP contribution < -0.4 is 5.32 Å². The molecule has 0 radical (unpaired) electrons. The number of hydrogen-bond acceptors (Lipinski definition) is 2. The van der Waals surface area contributed by atoms with Gasteiger partial charge in [0.1, 0.15) is 0 Å². The summed E-state index contributed by atoms with van der Waals surface area (Å²) >= 11 is 0. The van der Waals surface area contributed by atoms with Gasteiger partial charge in [0, 0.05) is 13.0 Å². The largest absolute Gasteiger partial charge is 0.393 e. The number of aliphatic hydroxyl groups excluding tert-OH is 1. The van der Waals surface area contributed by atoms with Crippen molar-refractivity contribution in [2.45, 2.75) is 64.4 Å². The molecule has 0 aromatic carbocycles. The first-order valence-corrected chi connectivity index (χ1v) is 6.71. The molecule has 0 bridgehead atoms. The molecule has 0 fully saturated rings. The standard InChI is InChI=1S/C13H26FNO2/c1-2-3-7-12(16)9-11-15-13(17)8-5-4-6-10-14/h12,16H,2-11H2,1H3,(H,15,17). The molecule has 102 valence electrons.